The summed E-state index contributed by atoms with van der Waals surface area (Å²) in [5.41, 5.74) is 0.705. The number of rotatable bonds is 3. The third-order valence-electron chi connectivity index (χ3n) is 4.73. The summed E-state index contributed by atoms with van der Waals surface area (Å²) in [6.07, 6.45) is 0. The van der Waals surface area contributed by atoms with E-state index in [2.05, 4.69) is 4.98 Å². The second kappa shape index (κ2) is 7.81. The molecular weight excluding hydrogens is 401 g/mol. The monoisotopic (exact) mass is 417 g/mol. The molecule has 1 aliphatic rings. The van der Waals surface area contributed by atoms with E-state index in [-0.39, 0.29) is 10.6 Å². The predicted molar refractivity (Wildman–Crippen MR) is 107 cm³/mol. The summed E-state index contributed by atoms with van der Waals surface area (Å²) in [5.74, 6) is -0.723. The van der Waals surface area contributed by atoms with Crippen LogP contribution in [0.2, 0.25) is 5.02 Å². The summed E-state index contributed by atoms with van der Waals surface area (Å²) in [6.45, 7) is 2.04. The number of halogens is 2. The Labute approximate surface area is 170 Å². The Morgan fingerprint density at radius 3 is 2.66 bits per heavy atom. The van der Waals surface area contributed by atoms with Crippen LogP contribution in [-0.2, 0) is 9.47 Å². The maximum atomic E-state index is 13.7. The Balaban J connectivity index is 1.98. The number of fused-ring (bicyclic) bond motifs is 1. The lowest BCUT2D eigenvalue weighted by atomic mass is 10.1. The van der Waals surface area contributed by atoms with Crippen molar-refractivity contribution >= 4 is 34.4 Å². The minimum absolute atomic E-state index is 0.0940. The topological polar surface area (TPSA) is 73.7 Å². The van der Waals surface area contributed by atoms with Crippen LogP contribution in [0.5, 0.6) is 0 Å². The molecule has 2 heterocycles. The normalized spacial score (nSPS) is 14.2. The van der Waals surface area contributed by atoms with E-state index in [9.17, 15) is 14.0 Å². The Morgan fingerprint density at radius 2 is 1.97 bits per heavy atom. The number of carbonyl (C=O) groups is 1. The lowest BCUT2D eigenvalue weighted by Gasteiger charge is -2.30. The highest BCUT2D eigenvalue weighted by molar-refractivity contribution is 6.30. The van der Waals surface area contributed by atoms with E-state index in [1.54, 1.807) is 0 Å². The van der Waals surface area contributed by atoms with E-state index < -0.39 is 11.8 Å². The van der Waals surface area contributed by atoms with Crippen molar-refractivity contribution < 1.29 is 18.7 Å². The number of ether oxygens (including phenoxy) is 2. The van der Waals surface area contributed by atoms with Gasteiger partial charge in [-0.1, -0.05) is 11.6 Å². The molecule has 9 heteroatoms. The average molecular weight is 418 g/mol. The van der Waals surface area contributed by atoms with E-state index >= 15 is 0 Å². The van der Waals surface area contributed by atoms with Crippen LogP contribution < -0.4 is 10.5 Å². The zero-order valence-corrected chi connectivity index (χ0v) is 16.3. The van der Waals surface area contributed by atoms with Crippen molar-refractivity contribution in [3.05, 3.63) is 63.2 Å². The summed E-state index contributed by atoms with van der Waals surface area (Å²) < 4.78 is 25.2. The summed E-state index contributed by atoms with van der Waals surface area (Å²) in [4.78, 5) is 31.8. The molecule has 0 unspecified atom stereocenters. The third-order valence-corrected chi connectivity index (χ3v) is 5.02. The molecule has 0 spiro atoms. The first kappa shape index (κ1) is 19.4. The fourth-order valence-electron chi connectivity index (χ4n) is 3.25. The molecule has 29 heavy (non-hydrogen) atoms. The molecular formula is C20H17ClFN3O4. The van der Waals surface area contributed by atoms with E-state index in [0.717, 1.165) is 0 Å². The highest BCUT2D eigenvalue weighted by Crippen LogP contribution is 2.24. The number of methoxy groups -OCH3 is 1. The summed E-state index contributed by atoms with van der Waals surface area (Å²) in [5, 5.41) is 0.221. The van der Waals surface area contributed by atoms with Gasteiger partial charge in [0, 0.05) is 13.1 Å². The molecule has 1 aliphatic heterocycles. The molecule has 1 saturated heterocycles. The standard InChI is InChI=1S/C20H17ClFN3O4/c1-28-19(27)12-2-4-14-17(10-12)23-20(24-6-8-29-9-7-24)25(18(14)26)13-3-5-16(22)15(21)11-13/h2-5,10-11H,6-9H2,1H3. The molecule has 1 aromatic heterocycles. The summed E-state index contributed by atoms with van der Waals surface area (Å²) >= 11 is 5.95. The summed E-state index contributed by atoms with van der Waals surface area (Å²) in [7, 11) is 1.29. The fourth-order valence-corrected chi connectivity index (χ4v) is 3.43. The Morgan fingerprint density at radius 1 is 1.21 bits per heavy atom. The number of esters is 1. The first-order chi connectivity index (χ1) is 14.0. The zero-order valence-electron chi connectivity index (χ0n) is 15.5. The van der Waals surface area contributed by atoms with Crippen LogP contribution in [0.3, 0.4) is 0 Å². The van der Waals surface area contributed by atoms with Crippen molar-refractivity contribution in [2.45, 2.75) is 0 Å². The minimum Gasteiger partial charge on any atom is -0.465 e. The number of hydrogen-bond acceptors (Lipinski definition) is 6. The van der Waals surface area contributed by atoms with Crippen molar-refractivity contribution in [1.29, 1.82) is 0 Å². The van der Waals surface area contributed by atoms with Gasteiger partial charge in [0.25, 0.3) is 5.56 Å². The van der Waals surface area contributed by atoms with Crippen molar-refractivity contribution in [3.8, 4) is 5.69 Å². The van der Waals surface area contributed by atoms with E-state index in [4.69, 9.17) is 21.1 Å². The van der Waals surface area contributed by atoms with Crippen molar-refractivity contribution in [2.24, 2.45) is 0 Å². The predicted octanol–water partition coefficient (Wildman–Crippen LogP) is 2.80. The molecule has 0 saturated carbocycles. The average Bonchev–Trinajstić information content (AvgIpc) is 2.75. The molecule has 0 amide bonds. The Bertz CT molecular complexity index is 1160. The smallest absolute Gasteiger partial charge is 0.337 e. The van der Waals surface area contributed by atoms with Gasteiger partial charge in [0.1, 0.15) is 5.82 Å². The van der Waals surface area contributed by atoms with Crippen LogP contribution in [0, 0.1) is 5.82 Å². The molecule has 3 aromatic rings. The fraction of sp³-hybridized carbons (Fsp3) is 0.250. The molecule has 7 nitrogen and oxygen atoms in total. The van der Waals surface area contributed by atoms with Crippen molar-refractivity contribution in [1.82, 2.24) is 9.55 Å². The van der Waals surface area contributed by atoms with Gasteiger partial charge < -0.3 is 14.4 Å². The number of morpholine rings is 1. The SMILES string of the molecule is COC(=O)c1ccc2c(=O)n(-c3ccc(F)c(Cl)c3)c(N3CCOCC3)nc2c1. The molecule has 0 radical (unpaired) electrons. The van der Waals surface area contributed by atoms with Crippen LogP contribution in [0.4, 0.5) is 10.3 Å². The lowest BCUT2D eigenvalue weighted by Crippen LogP contribution is -2.40. The number of nitrogens with zero attached hydrogens (tertiary/aromatic N) is 3. The lowest BCUT2D eigenvalue weighted by molar-refractivity contribution is 0.0601. The van der Waals surface area contributed by atoms with Gasteiger partial charge >= 0.3 is 5.97 Å². The molecule has 0 atom stereocenters. The number of benzene rings is 2. The first-order valence-electron chi connectivity index (χ1n) is 8.93. The second-order valence-corrected chi connectivity index (χ2v) is 6.88. The second-order valence-electron chi connectivity index (χ2n) is 6.47. The molecule has 0 aliphatic carbocycles. The third kappa shape index (κ3) is 3.56. The molecule has 0 bridgehead atoms. The summed E-state index contributed by atoms with van der Waals surface area (Å²) in [6, 6.07) is 8.63. The number of anilines is 1. The van der Waals surface area contributed by atoms with Crippen LogP contribution in [0.25, 0.3) is 16.6 Å². The van der Waals surface area contributed by atoms with Crippen molar-refractivity contribution in [3.63, 3.8) is 0 Å². The number of aromatic nitrogens is 2. The van der Waals surface area contributed by atoms with Gasteiger partial charge in [-0.15, -0.1) is 0 Å². The highest BCUT2D eigenvalue weighted by atomic mass is 35.5. The van der Waals surface area contributed by atoms with Gasteiger partial charge in [-0.25, -0.2) is 18.7 Å². The minimum atomic E-state index is -0.576. The van der Waals surface area contributed by atoms with Gasteiger partial charge in [0.05, 0.1) is 47.5 Å². The van der Waals surface area contributed by atoms with Gasteiger partial charge in [-0.05, 0) is 36.4 Å². The number of hydrogen-bond donors (Lipinski definition) is 0. The van der Waals surface area contributed by atoms with Gasteiger partial charge in [0.15, 0.2) is 0 Å². The van der Waals surface area contributed by atoms with Crippen LogP contribution >= 0.6 is 11.6 Å². The first-order valence-corrected chi connectivity index (χ1v) is 9.30. The van der Waals surface area contributed by atoms with Crippen molar-refractivity contribution in [2.75, 3.05) is 38.3 Å². The van der Waals surface area contributed by atoms with Gasteiger partial charge in [0.2, 0.25) is 5.95 Å². The number of carbonyl (C=O) groups excluding carboxylic acids is 1. The van der Waals surface area contributed by atoms with Crippen LogP contribution in [0.15, 0.2) is 41.2 Å². The zero-order chi connectivity index (χ0) is 20.5. The molecule has 0 N–H and O–H groups in total. The van der Waals surface area contributed by atoms with Crippen LogP contribution in [0.1, 0.15) is 10.4 Å². The maximum absolute atomic E-state index is 13.7. The molecule has 2 aromatic carbocycles. The van der Waals surface area contributed by atoms with E-state index in [1.165, 1.54) is 48.1 Å². The van der Waals surface area contributed by atoms with Crippen LogP contribution in [-0.4, -0.2) is 48.9 Å². The molecule has 4 rings (SSSR count). The largest absolute Gasteiger partial charge is 0.465 e. The van der Waals surface area contributed by atoms with Gasteiger partial charge in [-0.2, -0.15) is 0 Å². The quantitative estimate of drug-likeness (QED) is 0.610. The Kier molecular flexibility index (Phi) is 5.21. The molecule has 1 fully saturated rings. The maximum Gasteiger partial charge on any atom is 0.337 e. The Hall–Kier alpha value is -2.97. The molecule has 150 valence electrons. The highest BCUT2D eigenvalue weighted by Gasteiger charge is 2.21. The van der Waals surface area contributed by atoms with Gasteiger partial charge in [-0.3, -0.25) is 4.79 Å². The van der Waals surface area contributed by atoms with E-state index in [0.29, 0.717) is 54.4 Å². The van der Waals surface area contributed by atoms with E-state index in [1.807, 2.05) is 4.90 Å².